The highest BCUT2D eigenvalue weighted by Gasteiger charge is 2.21. The minimum Gasteiger partial charge on any atom is -0.375 e. The number of rotatable bonds is 4. The molecule has 0 saturated carbocycles. The predicted octanol–water partition coefficient (Wildman–Crippen LogP) is 2.61. The first-order valence-corrected chi connectivity index (χ1v) is 7.61. The van der Waals surface area contributed by atoms with Gasteiger partial charge >= 0.3 is 6.03 Å². The molecule has 5 nitrogen and oxygen atoms in total. The minimum atomic E-state index is -0.0570. The summed E-state index contributed by atoms with van der Waals surface area (Å²) in [6.45, 7) is 8.99. The van der Waals surface area contributed by atoms with Crippen LogP contribution in [0.25, 0.3) is 0 Å². The second-order valence-electron chi connectivity index (χ2n) is 5.46. The Hall–Kier alpha value is -1.59. The van der Waals surface area contributed by atoms with Crippen LogP contribution in [0.2, 0.25) is 0 Å². The SMILES string of the molecule is CCNC(C)c1cccc(NC(=O)N2CCOC(C)C2)c1. The molecular weight excluding hydrogens is 266 g/mol. The molecule has 2 rings (SSSR count). The third-order valence-corrected chi connectivity index (χ3v) is 3.68. The molecule has 0 radical (unpaired) electrons. The van der Waals surface area contributed by atoms with Crippen molar-refractivity contribution in [1.82, 2.24) is 10.2 Å². The molecule has 0 aliphatic carbocycles. The quantitative estimate of drug-likeness (QED) is 0.896. The number of anilines is 1. The van der Waals surface area contributed by atoms with Crippen LogP contribution >= 0.6 is 0 Å². The zero-order chi connectivity index (χ0) is 15.2. The van der Waals surface area contributed by atoms with Crippen molar-refractivity contribution < 1.29 is 9.53 Å². The number of benzene rings is 1. The van der Waals surface area contributed by atoms with Crippen LogP contribution < -0.4 is 10.6 Å². The molecule has 2 unspecified atom stereocenters. The van der Waals surface area contributed by atoms with Crippen molar-refractivity contribution in [3.05, 3.63) is 29.8 Å². The summed E-state index contributed by atoms with van der Waals surface area (Å²) in [5.41, 5.74) is 2.01. The molecule has 2 N–H and O–H groups in total. The van der Waals surface area contributed by atoms with E-state index in [1.54, 1.807) is 4.90 Å². The number of carbonyl (C=O) groups excluding carboxylic acids is 1. The van der Waals surface area contributed by atoms with Gasteiger partial charge in [-0.15, -0.1) is 0 Å². The Bertz CT molecular complexity index is 478. The van der Waals surface area contributed by atoms with Crippen LogP contribution in [0.1, 0.15) is 32.4 Å². The average Bonchev–Trinajstić information content (AvgIpc) is 2.48. The first-order chi connectivity index (χ1) is 10.1. The van der Waals surface area contributed by atoms with E-state index in [-0.39, 0.29) is 18.2 Å². The lowest BCUT2D eigenvalue weighted by molar-refractivity contribution is -0.00138. The van der Waals surface area contributed by atoms with Crippen molar-refractivity contribution in [2.24, 2.45) is 0 Å². The molecule has 116 valence electrons. The Morgan fingerprint density at radius 1 is 1.52 bits per heavy atom. The van der Waals surface area contributed by atoms with Crippen LogP contribution in [-0.2, 0) is 4.74 Å². The van der Waals surface area contributed by atoms with Gasteiger partial charge in [-0.1, -0.05) is 19.1 Å². The molecule has 0 bridgehead atoms. The molecule has 1 fully saturated rings. The Morgan fingerprint density at radius 2 is 2.33 bits per heavy atom. The number of carbonyl (C=O) groups is 1. The molecule has 1 heterocycles. The molecule has 2 amide bonds. The number of amides is 2. The van der Waals surface area contributed by atoms with Gasteiger partial charge in [0.1, 0.15) is 0 Å². The second-order valence-corrected chi connectivity index (χ2v) is 5.46. The Labute approximate surface area is 126 Å². The van der Waals surface area contributed by atoms with Crippen LogP contribution in [0.5, 0.6) is 0 Å². The number of hydrogen-bond acceptors (Lipinski definition) is 3. The highest BCUT2D eigenvalue weighted by atomic mass is 16.5. The molecule has 0 spiro atoms. The molecule has 1 aliphatic heterocycles. The third-order valence-electron chi connectivity index (χ3n) is 3.68. The van der Waals surface area contributed by atoms with E-state index in [4.69, 9.17) is 4.74 Å². The standard InChI is InChI=1S/C16H25N3O2/c1-4-17-13(3)14-6-5-7-15(10-14)18-16(20)19-8-9-21-12(2)11-19/h5-7,10,12-13,17H,4,8-9,11H2,1-3H3,(H,18,20). The molecule has 0 aromatic heterocycles. The van der Waals surface area contributed by atoms with Gasteiger partial charge in [-0.3, -0.25) is 0 Å². The lowest BCUT2D eigenvalue weighted by atomic mass is 10.1. The highest BCUT2D eigenvalue weighted by molar-refractivity contribution is 5.89. The monoisotopic (exact) mass is 291 g/mol. The van der Waals surface area contributed by atoms with Gasteiger partial charge in [0, 0.05) is 24.8 Å². The zero-order valence-corrected chi connectivity index (χ0v) is 13.1. The molecular formula is C16H25N3O2. The largest absolute Gasteiger partial charge is 0.375 e. The van der Waals surface area contributed by atoms with Gasteiger partial charge in [-0.25, -0.2) is 4.79 Å². The smallest absolute Gasteiger partial charge is 0.322 e. The second kappa shape index (κ2) is 7.43. The van der Waals surface area contributed by atoms with Crippen molar-refractivity contribution in [2.45, 2.75) is 32.9 Å². The Morgan fingerprint density at radius 3 is 3.05 bits per heavy atom. The van der Waals surface area contributed by atoms with E-state index in [9.17, 15) is 4.79 Å². The summed E-state index contributed by atoms with van der Waals surface area (Å²) in [6, 6.07) is 8.20. The fourth-order valence-corrected chi connectivity index (χ4v) is 2.52. The zero-order valence-electron chi connectivity index (χ0n) is 13.1. The number of hydrogen-bond donors (Lipinski definition) is 2. The van der Waals surface area contributed by atoms with Crippen molar-refractivity contribution in [2.75, 3.05) is 31.6 Å². The van der Waals surface area contributed by atoms with E-state index in [0.717, 1.165) is 12.2 Å². The van der Waals surface area contributed by atoms with Gasteiger partial charge in [0.15, 0.2) is 0 Å². The van der Waals surface area contributed by atoms with Crippen molar-refractivity contribution in [3.63, 3.8) is 0 Å². The fraction of sp³-hybridized carbons (Fsp3) is 0.562. The summed E-state index contributed by atoms with van der Waals surface area (Å²) in [5, 5.41) is 6.35. The van der Waals surface area contributed by atoms with Crippen LogP contribution in [0.15, 0.2) is 24.3 Å². The average molecular weight is 291 g/mol. The molecule has 1 saturated heterocycles. The Balaban J connectivity index is 1.98. The van der Waals surface area contributed by atoms with Crippen molar-refractivity contribution >= 4 is 11.7 Å². The number of urea groups is 1. The summed E-state index contributed by atoms with van der Waals surface area (Å²) < 4.78 is 5.46. The molecule has 21 heavy (non-hydrogen) atoms. The van der Waals surface area contributed by atoms with E-state index in [0.29, 0.717) is 19.7 Å². The van der Waals surface area contributed by atoms with E-state index >= 15 is 0 Å². The summed E-state index contributed by atoms with van der Waals surface area (Å²) in [6.07, 6.45) is 0.101. The first kappa shape index (κ1) is 15.8. The number of ether oxygens (including phenoxy) is 1. The number of nitrogens with one attached hydrogen (secondary N) is 2. The summed E-state index contributed by atoms with van der Waals surface area (Å²) >= 11 is 0. The summed E-state index contributed by atoms with van der Waals surface area (Å²) in [5.74, 6) is 0. The summed E-state index contributed by atoms with van der Waals surface area (Å²) in [4.78, 5) is 14.1. The van der Waals surface area contributed by atoms with Crippen LogP contribution in [0, 0.1) is 0 Å². The fourth-order valence-electron chi connectivity index (χ4n) is 2.52. The number of morpholine rings is 1. The van der Waals surface area contributed by atoms with Crippen LogP contribution in [0.4, 0.5) is 10.5 Å². The van der Waals surface area contributed by atoms with E-state index in [2.05, 4.69) is 30.5 Å². The van der Waals surface area contributed by atoms with Crippen molar-refractivity contribution in [1.29, 1.82) is 0 Å². The van der Waals surface area contributed by atoms with Gasteiger partial charge < -0.3 is 20.3 Å². The highest BCUT2D eigenvalue weighted by Crippen LogP contribution is 2.18. The molecule has 1 aliphatic rings. The normalized spacial score (nSPS) is 20.1. The molecule has 5 heteroatoms. The Kier molecular flexibility index (Phi) is 5.59. The molecule has 2 atom stereocenters. The van der Waals surface area contributed by atoms with Crippen molar-refractivity contribution in [3.8, 4) is 0 Å². The minimum absolute atomic E-state index is 0.0570. The van der Waals surface area contributed by atoms with Crippen LogP contribution in [-0.4, -0.2) is 43.3 Å². The van der Waals surface area contributed by atoms with Gasteiger partial charge in [0.25, 0.3) is 0 Å². The number of nitrogens with zero attached hydrogens (tertiary/aromatic N) is 1. The lowest BCUT2D eigenvalue weighted by Crippen LogP contribution is -2.46. The third kappa shape index (κ3) is 4.44. The lowest BCUT2D eigenvalue weighted by Gasteiger charge is -2.31. The van der Waals surface area contributed by atoms with E-state index < -0.39 is 0 Å². The predicted molar refractivity (Wildman–Crippen MR) is 84.5 cm³/mol. The van der Waals surface area contributed by atoms with Crippen LogP contribution in [0.3, 0.4) is 0 Å². The van der Waals surface area contributed by atoms with Gasteiger partial charge in [0.05, 0.1) is 12.7 Å². The molecule has 1 aromatic carbocycles. The maximum Gasteiger partial charge on any atom is 0.322 e. The van der Waals surface area contributed by atoms with Gasteiger partial charge in [0.2, 0.25) is 0 Å². The van der Waals surface area contributed by atoms with E-state index in [1.807, 2.05) is 25.1 Å². The van der Waals surface area contributed by atoms with Gasteiger partial charge in [-0.2, -0.15) is 0 Å². The topological polar surface area (TPSA) is 53.6 Å². The van der Waals surface area contributed by atoms with Gasteiger partial charge in [-0.05, 0) is 38.1 Å². The summed E-state index contributed by atoms with van der Waals surface area (Å²) in [7, 11) is 0. The van der Waals surface area contributed by atoms with E-state index in [1.165, 1.54) is 5.56 Å². The maximum atomic E-state index is 12.3. The first-order valence-electron chi connectivity index (χ1n) is 7.61. The maximum absolute atomic E-state index is 12.3. The molecule has 1 aromatic rings.